The van der Waals surface area contributed by atoms with Gasteiger partial charge in [-0.15, -0.1) is 0 Å². The van der Waals surface area contributed by atoms with E-state index in [9.17, 15) is 32.7 Å². The molecule has 4 aromatic rings. The van der Waals surface area contributed by atoms with Crippen molar-refractivity contribution in [3.63, 3.8) is 0 Å². The highest BCUT2D eigenvalue weighted by atomic mass is 19.4. The van der Waals surface area contributed by atoms with E-state index >= 15 is 0 Å². The number of aromatic amines is 1. The SMILES string of the molecule is COc1ccc(C(OC2C(NC(=O)C(F)(F)F)[C@@H](n3ccc(=O)[nH]c3=O)O[C@H]2CO)(c2ccccc2)c2ccc(OC)cc2)cc1. The van der Waals surface area contributed by atoms with E-state index in [-0.39, 0.29) is 0 Å². The number of alkyl halides is 3. The summed E-state index contributed by atoms with van der Waals surface area (Å²) in [6.07, 6.45) is -8.79. The first kappa shape index (κ1) is 32.5. The average Bonchev–Trinajstić information content (AvgIpc) is 3.39. The average molecular weight is 642 g/mol. The monoisotopic (exact) mass is 641 g/mol. The number of carbonyl (C=O) groups is 1. The number of methoxy groups -OCH3 is 2. The molecule has 4 atom stereocenters. The predicted molar refractivity (Wildman–Crippen MR) is 157 cm³/mol. The van der Waals surface area contributed by atoms with Gasteiger partial charge in [-0.05, 0) is 41.0 Å². The molecule has 1 aliphatic rings. The van der Waals surface area contributed by atoms with Crippen LogP contribution in [-0.2, 0) is 19.9 Å². The van der Waals surface area contributed by atoms with Crippen molar-refractivity contribution in [2.45, 2.75) is 36.3 Å². The molecule has 11 nitrogen and oxygen atoms in total. The molecule has 2 heterocycles. The first-order valence-corrected chi connectivity index (χ1v) is 14.0. The molecule has 1 saturated heterocycles. The molecule has 14 heteroatoms. The maximum Gasteiger partial charge on any atom is 0.471 e. The Hall–Kier alpha value is -4.92. The number of benzene rings is 3. The minimum Gasteiger partial charge on any atom is -0.497 e. The van der Waals surface area contributed by atoms with Crippen LogP contribution in [0.1, 0.15) is 22.9 Å². The van der Waals surface area contributed by atoms with Crippen LogP contribution < -0.4 is 26.0 Å². The number of aliphatic hydroxyl groups is 1. The van der Waals surface area contributed by atoms with Crippen LogP contribution in [0.15, 0.2) is 101 Å². The minimum absolute atomic E-state index is 0.506. The zero-order valence-electron chi connectivity index (χ0n) is 24.6. The lowest BCUT2D eigenvalue weighted by atomic mass is 9.79. The van der Waals surface area contributed by atoms with Crippen molar-refractivity contribution in [1.29, 1.82) is 0 Å². The van der Waals surface area contributed by atoms with Crippen molar-refractivity contribution in [2.75, 3.05) is 20.8 Å². The van der Waals surface area contributed by atoms with Gasteiger partial charge in [0.25, 0.3) is 5.56 Å². The number of hydrogen-bond donors (Lipinski definition) is 3. The van der Waals surface area contributed by atoms with Crippen LogP contribution >= 0.6 is 0 Å². The summed E-state index contributed by atoms with van der Waals surface area (Å²) in [5.41, 5.74) is -1.83. The van der Waals surface area contributed by atoms with Crippen molar-refractivity contribution < 1.29 is 42.0 Å². The summed E-state index contributed by atoms with van der Waals surface area (Å²) in [6.45, 7) is -0.770. The maximum absolute atomic E-state index is 13.7. The molecular weight excluding hydrogens is 611 g/mol. The highest BCUT2D eigenvalue weighted by Crippen LogP contribution is 2.45. The zero-order valence-corrected chi connectivity index (χ0v) is 24.6. The van der Waals surface area contributed by atoms with E-state index in [0.717, 1.165) is 16.8 Å². The Bertz CT molecular complexity index is 1710. The third-order valence-corrected chi connectivity index (χ3v) is 7.69. The maximum atomic E-state index is 13.7. The minimum atomic E-state index is -5.31. The Morgan fingerprint density at radius 2 is 1.43 bits per heavy atom. The van der Waals surface area contributed by atoms with Crippen molar-refractivity contribution in [3.8, 4) is 11.5 Å². The molecule has 46 heavy (non-hydrogen) atoms. The number of rotatable bonds is 10. The van der Waals surface area contributed by atoms with Crippen LogP contribution in [-0.4, -0.2) is 65.8 Å². The summed E-state index contributed by atoms with van der Waals surface area (Å²) in [5, 5.41) is 12.4. The van der Waals surface area contributed by atoms with E-state index in [2.05, 4.69) is 0 Å². The molecule has 1 aromatic heterocycles. The van der Waals surface area contributed by atoms with Gasteiger partial charge >= 0.3 is 17.8 Å². The quantitative estimate of drug-likeness (QED) is 0.225. The van der Waals surface area contributed by atoms with E-state index in [0.29, 0.717) is 28.2 Å². The third kappa shape index (κ3) is 6.27. The number of amides is 1. The number of ether oxygens (including phenoxy) is 4. The lowest BCUT2D eigenvalue weighted by Crippen LogP contribution is -2.55. The van der Waals surface area contributed by atoms with Gasteiger partial charge in [-0.2, -0.15) is 13.2 Å². The Kier molecular flexibility index (Phi) is 9.32. The molecule has 242 valence electrons. The highest BCUT2D eigenvalue weighted by molar-refractivity contribution is 5.82. The van der Waals surface area contributed by atoms with Crippen molar-refractivity contribution >= 4 is 5.91 Å². The fourth-order valence-corrected chi connectivity index (χ4v) is 5.52. The summed E-state index contributed by atoms with van der Waals surface area (Å²) in [6, 6.07) is 21.6. The van der Waals surface area contributed by atoms with Crippen LogP contribution in [0.4, 0.5) is 13.2 Å². The molecular formula is C32H30F3N3O8. The zero-order chi connectivity index (χ0) is 33.1. The van der Waals surface area contributed by atoms with Gasteiger partial charge in [0, 0.05) is 12.3 Å². The fourth-order valence-electron chi connectivity index (χ4n) is 5.52. The number of aliphatic hydroxyl groups excluding tert-OH is 1. The number of aromatic nitrogens is 2. The van der Waals surface area contributed by atoms with Crippen LogP contribution in [0.2, 0.25) is 0 Å². The molecule has 0 spiro atoms. The van der Waals surface area contributed by atoms with Crippen LogP contribution in [0.5, 0.6) is 11.5 Å². The number of nitrogens with zero attached hydrogens (tertiary/aromatic N) is 1. The Morgan fingerprint density at radius 1 is 0.891 bits per heavy atom. The van der Waals surface area contributed by atoms with E-state index in [1.807, 2.05) is 10.3 Å². The Morgan fingerprint density at radius 3 is 1.91 bits per heavy atom. The van der Waals surface area contributed by atoms with Gasteiger partial charge in [0.05, 0.1) is 20.8 Å². The number of hydrogen-bond acceptors (Lipinski definition) is 8. The second-order valence-corrected chi connectivity index (χ2v) is 10.3. The lowest BCUT2D eigenvalue weighted by molar-refractivity contribution is -0.176. The molecule has 5 rings (SSSR count). The summed E-state index contributed by atoms with van der Waals surface area (Å²) >= 11 is 0. The van der Waals surface area contributed by atoms with Gasteiger partial charge in [-0.3, -0.25) is 19.1 Å². The summed E-state index contributed by atoms with van der Waals surface area (Å²) < 4.78 is 65.3. The second kappa shape index (κ2) is 13.2. The molecule has 3 aromatic carbocycles. The smallest absolute Gasteiger partial charge is 0.471 e. The third-order valence-electron chi connectivity index (χ3n) is 7.69. The first-order valence-electron chi connectivity index (χ1n) is 14.0. The van der Waals surface area contributed by atoms with Gasteiger partial charge in [0.2, 0.25) is 0 Å². The van der Waals surface area contributed by atoms with Crippen molar-refractivity contribution in [3.05, 3.63) is 129 Å². The molecule has 0 saturated carbocycles. The molecule has 1 fully saturated rings. The fraction of sp³-hybridized carbons (Fsp3) is 0.281. The summed E-state index contributed by atoms with van der Waals surface area (Å²) in [5.74, 6) is -1.29. The molecule has 0 aliphatic carbocycles. The molecule has 3 N–H and O–H groups in total. The number of halogens is 3. The molecule has 1 amide bonds. The van der Waals surface area contributed by atoms with Crippen molar-refractivity contribution in [1.82, 2.24) is 14.9 Å². The Labute approximate surface area is 260 Å². The van der Waals surface area contributed by atoms with Gasteiger partial charge in [-0.25, -0.2) is 4.79 Å². The van der Waals surface area contributed by atoms with E-state index < -0.39 is 60.0 Å². The number of carbonyl (C=O) groups excluding carboxylic acids is 1. The standard InChI is InChI=1S/C32H30F3N3O8/c1-43-22-12-8-20(9-13-22)31(19-6-4-3-5-7-19,21-10-14-23(44-2)15-11-21)46-27-24(18-39)45-28(26(27)37-29(41)32(33,34)35)38-17-16-25(40)36-30(38)42/h3-17,24,26-28,39H,18H2,1-2H3,(H,37,41)(H,36,40,42)/t24-,26?,27?,28-/m0/s1. The normalized spacial score (nSPS) is 19.9. The topological polar surface area (TPSA) is 141 Å². The molecule has 0 radical (unpaired) electrons. The highest BCUT2D eigenvalue weighted by Gasteiger charge is 2.54. The first-order chi connectivity index (χ1) is 22.0. The number of nitrogens with one attached hydrogen (secondary N) is 2. The predicted octanol–water partition coefficient (Wildman–Crippen LogP) is 2.87. The van der Waals surface area contributed by atoms with E-state index in [1.54, 1.807) is 78.9 Å². The van der Waals surface area contributed by atoms with Gasteiger partial charge in [0.1, 0.15) is 35.3 Å². The molecule has 0 bridgehead atoms. The summed E-state index contributed by atoms with van der Waals surface area (Å²) in [4.78, 5) is 39.0. The van der Waals surface area contributed by atoms with Gasteiger partial charge in [0.15, 0.2) is 6.23 Å². The van der Waals surface area contributed by atoms with Crippen LogP contribution in [0.25, 0.3) is 0 Å². The number of H-pyrrole nitrogens is 1. The van der Waals surface area contributed by atoms with Crippen LogP contribution in [0, 0.1) is 0 Å². The molecule has 2 unspecified atom stereocenters. The Balaban J connectivity index is 1.75. The van der Waals surface area contributed by atoms with Crippen LogP contribution in [0.3, 0.4) is 0 Å². The van der Waals surface area contributed by atoms with Gasteiger partial charge in [-0.1, -0.05) is 54.6 Å². The largest absolute Gasteiger partial charge is 0.497 e. The molecule has 1 aliphatic heterocycles. The van der Waals surface area contributed by atoms with E-state index in [1.165, 1.54) is 14.2 Å². The van der Waals surface area contributed by atoms with Gasteiger partial charge < -0.3 is 29.4 Å². The second-order valence-electron chi connectivity index (χ2n) is 10.3. The summed E-state index contributed by atoms with van der Waals surface area (Å²) in [7, 11) is 2.99. The lowest BCUT2D eigenvalue weighted by Gasteiger charge is -2.40. The van der Waals surface area contributed by atoms with Crippen molar-refractivity contribution in [2.24, 2.45) is 0 Å². The van der Waals surface area contributed by atoms with E-state index in [4.69, 9.17) is 18.9 Å².